The molecule has 0 aliphatic carbocycles. The Kier molecular flexibility index (Phi) is 10.5. The lowest BCUT2D eigenvalue weighted by molar-refractivity contribution is -0.138. The zero-order valence-corrected chi connectivity index (χ0v) is 17.2. The molecule has 0 radical (unpaired) electrons. The quantitative estimate of drug-likeness (QED) is 0.573. The van der Waals surface area contributed by atoms with Gasteiger partial charge in [0.15, 0.2) is 0 Å². The minimum Gasteiger partial charge on any atom is -0.478 e. The summed E-state index contributed by atoms with van der Waals surface area (Å²) in [5.41, 5.74) is -0.119. The SMILES string of the molecule is CC(C)CN(Cc1ccccc1C(F)(F)F)C1CCNCC1.O=C(O)/C=C/C(=O)O. The Morgan fingerprint density at radius 2 is 1.67 bits per heavy atom. The summed E-state index contributed by atoms with van der Waals surface area (Å²) in [4.78, 5) is 21.3. The van der Waals surface area contributed by atoms with Crippen molar-refractivity contribution in [1.29, 1.82) is 0 Å². The molecule has 1 saturated heterocycles. The topological polar surface area (TPSA) is 89.9 Å². The third-order valence-electron chi connectivity index (χ3n) is 4.49. The van der Waals surface area contributed by atoms with Crippen LogP contribution in [0, 0.1) is 5.92 Å². The lowest BCUT2D eigenvalue weighted by atomic mass is 10.00. The molecule has 1 aromatic rings. The first-order chi connectivity index (χ1) is 14.0. The van der Waals surface area contributed by atoms with Gasteiger partial charge in [-0.3, -0.25) is 4.90 Å². The summed E-state index contributed by atoms with van der Waals surface area (Å²) in [5, 5.41) is 18.9. The first-order valence-electron chi connectivity index (χ1n) is 9.74. The fourth-order valence-electron chi connectivity index (χ4n) is 3.28. The lowest BCUT2D eigenvalue weighted by Crippen LogP contribution is -2.44. The molecule has 1 aromatic carbocycles. The van der Waals surface area contributed by atoms with E-state index in [1.165, 1.54) is 12.1 Å². The van der Waals surface area contributed by atoms with Gasteiger partial charge < -0.3 is 15.5 Å². The van der Waals surface area contributed by atoms with Crippen molar-refractivity contribution in [3.05, 3.63) is 47.5 Å². The Hall–Kier alpha value is -2.39. The van der Waals surface area contributed by atoms with Crippen molar-refractivity contribution in [2.45, 2.75) is 45.5 Å². The average molecular weight is 430 g/mol. The molecule has 6 nitrogen and oxygen atoms in total. The van der Waals surface area contributed by atoms with E-state index in [-0.39, 0.29) is 0 Å². The van der Waals surface area contributed by atoms with Gasteiger partial charge in [0.2, 0.25) is 0 Å². The number of nitrogens with one attached hydrogen (secondary N) is 1. The number of carbonyl (C=O) groups is 2. The minimum atomic E-state index is -4.28. The van der Waals surface area contributed by atoms with Gasteiger partial charge in [-0.25, -0.2) is 9.59 Å². The van der Waals surface area contributed by atoms with Crippen LogP contribution < -0.4 is 5.32 Å². The van der Waals surface area contributed by atoms with Crippen LogP contribution in [-0.4, -0.2) is 52.7 Å². The molecule has 168 valence electrons. The zero-order valence-electron chi connectivity index (χ0n) is 17.2. The summed E-state index contributed by atoms with van der Waals surface area (Å²) in [6.07, 6.45) is -1.17. The monoisotopic (exact) mass is 430 g/mol. The van der Waals surface area contributed by atoms with Crippen LogP contribution in [0.15, 0.2) is 36.4 Å². The van der Waals surface area contributed by atoms with Gasteiger partial charge in [0, 0.05) is 31.3 Å². The van der Waals surface area contributed by atoms with E-state index in [0.717, 1.165) is 32.5 Å². The second-order valence-corrected chi connectivity index (χ2v) is 7.47. The average Bonchev–Trinajstić information content (AvgIpc) is 2.66. The maximum atomic E-state index is 13.2. The van der Waals surface area contributed by atoms with Crippen LogP contribution in [0.1, 0.15) is 37.8 Å². The summed E-state index contributed by atoms with van der Waals surface area (Å²) in [7, 11) is 0. The van der Waals surface area contributed by atoms with Crippen molar-refractivity contribution in [2.75, 3.05) is 19.6 Å². The number of nitrogens with zero attached hydrogens (tertiary/aromatic N) is 1. The third kappa shape index (κ3) is 9.89. The highest BCUT2D eigenvalue weighted by Crippen LogP contribution is 2.33. The molecule has 3 N–H and O–H groups in total. The molecule has 9 heteroatoms. The fourth-order valence-corrected chi connectivity index (χ4v) is 3.28. The second kappa shape index (κ2) is 12.3. The maximum Gasteiger partial charge on any atom is 0.416 e. The van der Waals surface area contributed by atoms with Gasteiger partial charge in [-0.15, -0.1) is 0 Å². The number of halogens is 3. The van der Waals surface area contributed by atoms with Crippen molar-refractivity contribution in [3.8, 4) is 0 Å². The highest BCUT2D eigenvalue weighted by atomic mass is 19.4. The van der Waals surface area contributed by atoms with Crippen molar-refractivity contribution < 1.29 is 33.0 Å². The predicted molar refractivity (Wildman–Crippen MR) is 107 cm³/mol. The number of aliphatic carboxylic acids is 2. The molecule has 2 rings (SSSR count). The van der Waals surface area contributed by atoms with E-state index in [1.807, 2.05) is 0 Å². The van der Waals surface area contributed by atoms with Crippen LogP contribution in [-0.2, 0) is 22.3 Å². The van der Waals surface area contributed by atoms with Crippen LogP contribution in [0.5, 0.6) is 0 Å². The molecule has 0 spiro atoms. The highest BCUT2D eigenvalue weighted by Gasteiger charge is 2.34. The molecule has 0 unspecified atom stereocenters. The van der Waals surface area contributed by atoms with Gasteiger partial charge in [0.1, 0.15) is 0 Å². The molecule has 1 fully saturated rings. The van der Waals surface area contributed by atoms with Crippen LogP contribution in [0.3, 0.4) is 0 Å². The highest BCUT2D eigenvalue weighted by molar-refractivity contribution is 5.89. The van der Waals surface area contributed by atoms with E-state index in [4.69, 9.17) is 10.2 Å². The Balaban J connectivity index is 0.000000479. The van der Waals surface area contributed by atoms with Crippen LogP contribution in [0.25, 0.3) is 0 Å². The van der Waals surface area contributed by atoms with E-state index in [2.05, 4.69) is 24.1 Å². The summed E-state index contributed by atoms with van der Waals surface area (Å²) in [6, 6.07) is 6.32. The molecular formula is C21H29F3N2O4. The molecule has 1 heterocycles. The number of alkyl halides is 3. The normalized spacial score (nSPS) is 15.3. The third-order valence-corrected chi connectivity index (χ3v) is 4.49. The van der Waals surface area contributed by atoms with Crippen LogP contribution in [0.2, 0.25) is 0 Å². The molecule has 1 aliphatic rings. The molecule has 30 heavy (non-hydrogen) atoms. The Labute approximate surface area is 174 Å². The van der Waals surface area contributed by atoms with E-state index in [9.17, 15) is 22.8 Å². The lowest BCUT2D eigenvalue weighted by Gasteiger charge is -2.36. The van der Waals surface area contributed by atoms with Gasteiger partial charge in [0.05, 0.1) is 5.56 Å². The Bertz CT molecular complexity index is 698. The Morgan fingerprint density at radius 3 is 2.13 bits per heavy atom. The van der Waals surface area contributed by atoms with Crippen molar-refractivity contribution in [2.24, 2.45) is 5.92 Å². The molecule has 0 aromatic heterocycles. The number of piperidine rings is 1. The fraction of sp³-hybridized carbons (Fsp3) is 0.524. The van der Waals surface area contributed by atoms with Gasteiger partial charge in [-0.05, 0) is 43.5 Å². The van der Waals surface area contributed by atoms with E-state index >= 15 is 0 Å². The van der Waals surface area contributed by atoms with Crippen molar-refractivity contribution in [3.63, 3.8) is 0 Å². The molecule has 0 atom stereocenters. The molecule has 1 aliphatic heterocycles. The van der Waals surface area contributed by atoms with E-state index in [1.54, 1.807) is 12.1 Å². The van der Waals surface area contributed by atoms with Gasteiger partial charge >= 0.3 is 18.1 Å². The number of carboxylic acids is 2. The molecular weight excluding hydrogens is 401 g/mol. The summed E-state index contributed by atoms with van der Waals surface area (Å²) >= 11 is 0. The minimum absolute atomic E-state index is 0.366. The Morgan fingerprint density at radius 1 is 1.13 bits per heavy atom. The van der Waals surface area contributed by atoms with Gasteiger partial charge in [0.25, 0.3) is 0 Å². The van der Waals surface area contributed by atoms with Crippen LogP contribution in [0.4, 0.5) is 13.2 Å². The predicted octanol–water partition coefficient (Wildman–Crippen LogP) is 3.63. The van der Waals surface area contributed by atoms with Crippen molar-refractivity contribution >= 4 is 11.9 Å². The standard InChI is InChI=1S/C17H25F3N2.C4H4O4/c1-13(2)11-22(15-7-9-21-10-8-15)12-14-5-3-4-6-16(14)17(18,19)20;5-3(6)1-2-4(7)8/h3-6,13,15,21H,7-12H2,1-2H3;1-2H,(H,5,6)(H,7,8)/b;2-1+. The number of hydrogen-bond acceptors (Lipinski definition) is 4. The van der Waals surface area contributed by atoms with Crippen molar-refractivity contribution in [1.82, 2.24) is 10.2 Å². The summed E-state index contributed by atoms with van der Waals surface area (Å²) in [5.74, 6) is -2.08. The summed E-state index contributed by atoms with van der Waals surface area (Å²) in [6.45, 7) is 7.32. The van der Waals surface area contributed by atoms with Crippen LogP contribution >= 0.6 is 0 Å². The summed E-state index contributed by atoms with van der Waals surface area (Å²) < 4.78 is 39.5. The zero-order chi connectivity index (χ0) is 22.7. The molecule has 0 saturated carbocycles. The molecule has 0 bridgehead atoms. The maximum absolute atomic E-state index is 13.2. The van der Waals surface area contributed by atoms with E-state index in [0.29, 0.717) is 36.2 Å². The second-order valence-electron chi connectivity index (χ2n) is 7.47. The van der Waals surface area contributed by atoms with E-state index < -0.39 is 23.7 Å². The smallest absolute Gasteiger partial charge is 0.416 e. The largest absolute Gasteiger partial charge is 0.478 e. The van der Waals surface area contributed by atoms with Gasteiger partial charge in [-0.1, -0.05) is 32.0 Å². The first kappa shape index (κ1) is 25.6. The van der Waals surface area contributed by atoms with Gasteiger partial charge in [-0.2, -0.15) is 13.2 Å². The number of hydrogen-bond donors (Lipinski definition) is 3. The number of carboxylic acid groups (broad SMARTS) is 2. The number of rotatable bonds is 7. The first-order valence-corrected chi connectivity index (χ1v) is 9.74. The number of benzene rings is 1. The molecule has 0 amide bonds.